The Hall–Kier alpha value is -2.53. The molecule has 0 radical (unpaired) electrons. The molecule has 1 aliphatic rings. The van der Waals surface area contributed by atoms with Gasteiger partial charge in [-0.2, -0.15) is 13.2 Å². The number of ether oxygens (including phenoxy) is 2. The van der Waals surface area contributed by atoms with Gasteiger partial charge in [0, 0.05) is 57.6 Å². The molecule has 3 atom stereocenters. The van der Waals surface area contributed by atoms with Crippen molar-refractivity contribution in [1.29, 1.82) is 0 Å². The number of benzene rings is 1. The van der Waals surface area contributed by atoms with Gasteiger partial charge in [0.25, 0.3) is 5.91 Å². The van der Waals surface area contributed by atoms with Gasteiger partial charge in [0.05, 0.1) is 18.1 Å². The molecule has 0 bridgehead atoms. The van der Waals surface area contributed by atoms with Crippen LogP contribution >= 0.6 is 0 Å². The molecule has 0 aliphatic carbocycles. The van der Waals surface area contributed by atoms with Gasteiger partial charge in [0.2, 0.25) is 0 Å². The van der Waals surface area contributed by atoms with Gasteiger partial charge in [0.1, 0.15) is 12.4 Å². The highest BCUT2D eigenvalue weighted by Gasteiger charge is 2.32. The third-order valence-corrected chi connectivity index (χ3v) is 5.94. The molecule has 0 spiro atoms. The molecule has 1 aromatic carbocycles. The minimum atomic E-state index is -4.27. The zero-order valence-corrected chi connectivity index (χ0v) is 21.2. The molecule has 11 heteroatoms. The van der Waals surface area contributed by atoms with Crippen LogP contribution in [0.15, 0.2) is 18.2 Å². The Balaban J connectivity index is 2.37. The average Bonchev–Trinajstić information content (AvgIpc) is 2.76. The Morgan fingerprint density at radius 2 is 1.94 bits per heavy atom. The summed E-state index contributed by atoms with van der Waals surface area (Å²) in [6, 6.07) is 3.90. The van der Waals surface area contributed by atoms with Crippen LogP contribution in [0.4, 0.5) is 23.7 Å². The molecule has 0 saturated carbocycles. The number of hydrogen-bond acceptors (Lipinski definition) is 5. The number of carbonyl (C=O) groups excluding carboxylic acids is 2. The van der Waals surface area contributed by atoms with Crippen molar-refractivity contribution in [3.05, 3.63) is 23.8 Å². The fourth-order valence-corrected chi connectivity index (χ4v) is 3.94. The van der Waals surface area contributed by atoms with Crippen LogP contribution in [-0.2, 0) is 4.74 Å². The second kappa shape index (κ2) is 12.4. The van der Waals surface area contributed by atoms with Crippen LogP contribution in [0.5, 0.6) is 5.75 Å². The van der Waals surface area contributed by atoms with Crippen molar-refractivity contribution in [2.45, 2.75) is 58.5 Å². The van der Waals surface area contributed by atoms with E-state index in [0.29, 0.717) is 17.8 Å². The fourth-order valence-electron chi connectivity index (χ4n) is 3.94. The summed E-state index contributed by atoms with van der Waals surface area (Å²) in [5, 5.41) is 5.42. The Bertz CT molecular complexity index is 866. The third kappa shape index (κ3) is 8.88. The van der Waals surface area contributed by atoms with Crippen molar-refractivity contribution in [3.63, 3.8) is 0 Å². The van der Waals surface area contributed by atoms with Crippen molar-refractivity contribution in [1.82, 2.24) is 15.1 Å². The number of carbonyl (C=O) groups is 2. The maximum atomic E-state index is 13.2. The lowest BCUT2D eigenvalue weighted by molar-refractivity contribution is -0.140. The summed E-state index contributed by atoms with van der Waals surface area (Å²) in [6.45, 7) is 7.86. The van der Waals surface area contributed by atoms with Gasteiger partial charge in [0.15, 0.2) is 0 Å². The largest absolute Gasteiger partial charge is 0.491 e. The van der Waals surface area contributed by atoms with Gasteiger partial charge >= 0.3 is 12.2 Å². The Kier molecular flexibility index (Phi) is 10.2. The van der Waals surface area contributed by atoms with E-state index >= 15 is 0 Å². The smallest absolute Gasteiger partial charge is 0.390 e. The lowest BCUT2D eigenvalue weighted by Crippen LogP contribution is -2.47. The molecule has 1 aromatic rings. The monoisotopic (exact) mass is 502 g/mol. The summed E-state index contributed by atoms with van der Waals surface area (Å²) in [6.07, 6.45) is -5.57. The molecule has 0 saturated heterocycles. The Labute approximate surface area is 205 Å². The van der Waals surface area contributed by atoms with Crippen LogP contribution in [0.25, 0.3) is 0 Å². The van der Waals surface area contributed by atoms with Crippen LogP contribution in [0, 0.1) is 5.92 Å². The van der Waals surface area contributed by atoms with Crippen molar-refractivity contribution in [3.8, 4) is 5.75 Å². The van der Waals surface area contributed by atoms with Crippen molar-refractivity contribution in [2.75, 3.05) is 45.7 Å². The standard InChI is InChI=1S/C24H37F3N4O4/c1-15(2)28-23(33)29-18-7-8-19-20(11-18)35-14-17(4)31(10-9-24(25,26)27)12-16(3)21(34-6)13-30(5)22(19)32/h7-8,11,15-17,21H,9-10,12-14H2,1-6H3,(H2,28,29,33)/t16-,17+,21+/m0/s1. The highest BCUT2D eigenvalue weighted by Crippen LogP contribution is 2.27. The van der Waals surface area contributed by atoms with E-state index in [1.165, 1.54) is 12.0 Å². The maximum Gasteiger partial charge on any atom is 0.390 e. The number of likely N-dealkylation sites (N-methyl/N-ethyl adjacent to an activating group) is 1. The number of nitrogens with zero attached hydrogens (tertiary/aromatic N) is 2. The van der Waals surface area contributed by atoms with Gasteiger partial charge in [-0.3, -0.25) is 9.69 Å². The Morgan fingerprint density at radius 1 is 1.26 bits per heavy atom. The summed E-state index contributed by atoms with van der Waals surface area (Å²) < 4.78 is 50.5. The van der Waals surface area contributed by atoms with Crippen LogP contribution in [0.3, 0.4) is 0 Å². The van der Waals surface area contributed by atoms with Crippen LogP contribution in [0.2, 0.25) is 0 Å². The first-order valence-electron chi connectivity index (χ1n) is 11.7. The van der Waals surface area contributed by atoms with Gasteiger partial charge in [-0.25, -0.2) is 4.79 Å². The first-order chi connectivity index (χ1) is 16.3. The maximum absolute atomic E-state index is 13.2. The van der Waals surface area contributed by atoms with Crippen molar-refractivity contribution < 1.29 is 32.2 Å². The predicted molar refractivity (Wildman–Crippen MR) is 128 cm³/mol. The van der Waals surface area contributed by atoms with Crippen molar-refractivity contribution >= 4 is 17.6 Å². The normalized spacial score (nSPS) is 22.6. The van der Waals surface area contributed by atoms with E-state index in [1.54, 1.807) is 37.1 Å². The minimum absolute atomic E-state index is 0.0634. The molecule has 1 heterocycles. The van der Waals surface area contributed by atoms with E-state index in [0.717, 1.165) is 0 Å². The predicted octanol–water partition coefficient (Wildman–Crippen LogP) is 3.97. The molecule has 0 aromatic heterocycles. The molecule has 198 valence electrons. The number of anilines is 1. The molecule has 0 fully saturated rings. The summed E-state index contributed by atoms with van der Waals surface area (Å²) in [4.78, 5) is 28.6. The van der Waals surface area contributed by atoms with Crippen LogP contribution in [-0.4, -0.2) is 86.5 Å². The van der Waals surface area contributed by atoms with E-state index in [-0.39, 0.29) is 55.5 Å². The van der Waals surface area contributed by atoms with Gasteiger partial charge in [-0.05, 0) is 38.8 Å². The summed E-state index contributed by atoms with van der Waals surface area (Å²) in [5.74, 6) is -0.167. The molecule has 8 nitrogen and oxygen atoms in total. The second-order valence-corrected chi connectivity index (χ2v) is 9.42. The highest BCUT2D eigenvalue weighted by atomic mass is 19.4. The number of rotatable bonds is 5. The zero-order valence-electron chi connectivity index (χ0n) is 21.2. The number of fused-ring (bicyclic) bond motifs is 1. The van der Waals surface area contributed by atoms with Gasteiger partial charge in [-0.15, -0.1) is 0 Å². The first-order valence-corrected chi connectivity index (χ1v) is 11.7. The van der Waals surface area contributed by atoms with Gasteiger partial charge < -0.3 is 25.0 Å². The molecule has 2 rings (SSSR count). The molecule has 1 aliphatic heterocycles. The minimum Gasteiger partial charge on any atom is -0.491 e. The number of nitrogens with one attached hydrogen (secondary N) is 2. The summed E-state index contributed by atoms with van der Waals surface area (Å²) in [5.41, 5.74) is 0.717. The number of alkyl halides is 3. The fraction of sp³-hybridized carbons (Fsp3) is 0.667. The van der Waals surface area contributed by atoms with Crippen molar-refractivity contribution in [2.24, 2.45) is 5.92 Å². The topological polar surface area (TPSA) is 83.1 Å². The van der Waals surface area contributed by atoms with E-state index in [4.69, 9.17) is 9.47 Å². The summed E-state index contributed by atoms with van der Waals surface area (Å²) >= 11 is 0. The second-order valence-electron chi connectivity index (χ2n) is 9.42. The molecular formula is C24H37F3N4O4. The molecule has 2 N–H and O–H groups in total. The molecule has 3 amide bonds. The quantitative estimate of drug-likeness (QED) is 0.637. The lowest BCUT2D eigenvalue weighted by atomic mass is 10.0. The number of halogens is 3. The Morgan fingerprint density at radius 3 is 2.54 bits per heavy atom. The number of hydrogen-bond donors (Lipinski definition) is 2. The lowest BCUT2D eigenvalue weighted by Gasteiger charge is -2.36. The SMILES string of the molecule is CO[C@@H]1CN(C)C(=O)c2ccc(NC(=O)NC(C)C)cc2OC[C@@H](C)N(CCC(F)(F)F)C[C@@H]1C. The number of urea groups is 1. The van der Waals surface area contributed by atoms with E-state index < -0.39 is 18.6 Å². The first kappa shape index (κ1) is 28.7. The highest BCUT2D eigenvalue weighted by molar-refractivity contribution is 5.98. The zero-order chi connectivity index (χ0) is 26.3. The van der Waals surface area contributed by atoms with Crippen LogP contribution in [0.1, 0.15) is 44.5 Å². The van der Waals surface area contributed by atoms with E-state index in [2.05, 4.69) is 10.6 Å². The molecule has 0 unspecified atom stereocenters. The molecular weight excluding hydrogens is 465 g/mol. The number of amides is 3. The van der Waals surface area contributed by atoms with E-state index in [1.807, 2.05) is 20.8 Å². The molecule has 35 heavy (non-hydrogen) atoms. The van der Waals surface area contributed by atoms with Gasteiger partial charge in [-0.1, -0.05) is 6.92 Å². The summed E-state index contributed by atoms with van der Waals surface area (Å²) in [7, 11) is 3.18. The van der Waals surface area contributed by atoms with E-state index in [9.17, 15) is 22.8 Å². The number of methoxy groups -OCH3 is 1. The third-order valence-electron chi connectivity index (χ3n) is 5.94. The average molecular weight is 503 g/mol. The van der Waals surface area contributed by atoms with Crippen LogP contribution < -0.4 is 15.4 Å².